The molecule has 2 aliphatic rings. The standard InChI is InChI=1S/C23H27N3O6S/c27-19-6-7-20-22(18(16-32-20)23(28)21-5-3-14-31-21)17(19)15-24-8-4-11-26(13-12-24)33(29,30)25-9-1-2-10-25/h3,5-7,14,16,27H,1-2,4,8-13,15H2. The van der Waals surface area contributed by atoms with Crippen molar-refractivity contribution in [1.82, 2.24) is 13.5 Å². The lowest BCUT2D eigenvalue weighted by atomic mass is 10.0. The van der Waals surface area contributed by atoms with E-state index in [1.54, 1.807) is 32.9 Å². The van der Waals surface area contributed by atoms with Gasteiger partial charge < -0.3 is 13.9 Å². The van der Waals surface area contributed by atoms with Crippen LogP contribution in [-0.2, 0) is 16.8 Å². The Hall–Kier alpha value is -2.66. The first-order valence-electron chi connectivity index (χ1n) is 11.2. The summed E-state index contributed by atoms with van der Waals surface area (Å²) in [4.78, 5) is 15.1. The minimum absolute atomic E-state index is 0.0724. The number of phenols is 1. The van der Waals surface area contributed by atoms with Crippen LogP contribution in [0.4, 0.5) is 0 Å². The van der Waals surface area contributed by atoms with E-state index in [1.807, 2.05) is 0 Å². The van der Waals surface area contributed by atoms with E-state index in [0.29, 0.717) is 74.3 Å². The number of carbonyl (C=O) groups excluding carboxylic acids is 1. The third kappa shape index (κ3) is 4.19. The van der Waals surface area contributed by atoms with Crippen molar-refractivity contribution in [3.8, 4) is 5.75 Å². The van der Waals surface area contributed by atoms with Crippen LogP contribution in [0.3, 0.4) is 0 Å². The number of carbonyl (C=O) groups is 1. The van der Waals surface area contributed by atoms with E-state index in [0.717, 1.165) is 12.8 Å². The van der Waals surface area contributed by atoms with Gasteiger partial charge in [-0.05, 0) is 50.1 Å². The molecule has 0 spiro atoms. The molecule has 0 unspecified atom stereocenters. The van der Waals surface area contributed by atoms with Crippen molar-refractivity contribution in [2.45, 2.75) is 25.8 Å². The summed E-state index contributed by atoms with van der Waals surface area (Å²) in [5.41, 5.74) is 1.43. The molecular weight excluding hydrogens is 446 g/mol. The summed E-state index contributed by atoms with van der Waals surface area (Å²) in [6.07, 6.45) is 5.34. The largest absolute Gasteiger partial charge is 0.508 e. The maximum atomic E-state index is 13.0. The number of phenolic OH excluding ortho intramolecular Hbond substituents is 1. The second-order valence-corrected chi connectivity index (χ2v) is 10.5. The molecule has 2 saturated heterocycles. The Bertz CT molecular complexity index is 1240. The van der Waals surface area contributed by atoms with E-state index < -0.39 is 10.2 Å². The lowest BCUT2D eigenvalue weighted by molar-refractivity contribution is 0.101. The Balaban J connectivity index is 1.38. The van der Waals surface area contributed by atoms with E-state index in [1.165, 1.54) is 12.5 Å². The van der Waals surface area contributed by atoms with Crippen molar-refractivity contribution >= 4 is 27.0 Å². The molecule has 2 aromatic heterocycles. The Morgan fingerprint density at radius 3 is 2.45 bits per heavy atom. The topological polar surface area (TPSA) is 107 Å². The number of fused-ring (bicyclic) bond motifs is 1. The van der Waals surface area contributed by atoms with Crippen LogP contribution in [0.15, 0.2) is 45.6 Å². The molecule has 176 valence electrons. The summed E-state index contributed by atoms with van der Waals surface area (Å²) in [5, 5.41) is 11.2. The summed E-state index contributed by atoms with van der Waals surface area (Å²) in [6, 6.07) is 6.44. The number of rotatable bonds is 6. The van der Waals surface area contributed by atoms with Gasteiger partial charge in [-0.3, -0.25) is 9.69 Å². The zero-order valence-corrected chi connectivity index (χ0v) is 19.1. The predicted octanol–water partition coefficient (Wildman–Crippen LogP) is 2.81. The van der Waals surface area contributed by atoms with Gasteiger partial charge in [0.25, 0.3) is 10.2 Å². The molecule has 2 aliphatic heterocycles. The molecule has 4 heterocycles. The van der Waals surface area contributed by atoms with Gasteiger partial charge in [0.15, 0.2) is 5.76 Å². The third-order valence-electron chi connectivity index (χ3n) is 6.46. The van der Waals surface area contributed by atoms with Gasteiger partial charge in [-0.25, -0.2) is 0 Å². The van der Waals surface area contributed by atoms with Gasteiger partial charge in [0, 0.05) is 50.2 Å². The fourth-order valence-corrected chi connectivity index (χ4v) is 6.42. The summed E-state index contributed by atoms with van der Waals surface area (Å²) < 4.78 is 40.0. The van der Waals surface area contributed by atoms with Gasteiger partial charge in [-0.15, -0.1) is 0 Å². The molecule has 10 heteroatoms. The average molecular weight is 474 g/mol. The maximum Gasteiger partial charge on any atom is 0.282 e. The SMILES string of the molecule is O=C(c1ccco1)c1coc2ccc(O)c(CN3CCCN(S(=O)(=O)N4CCCC4)CC3)c12. The Labute approximate surface area is 192 Å². The number of nitrogens with zero attached hydrogens (tertiary/aromatic N) is 3. The van der Waals surface area contributed by atoms with E-state index >= 15 is 0 Å². The first-order chi connectivity index (χ1) is 15.9. The van der Waals surface area contributed by atoms with Gasteiger partial charge in [0.05, 0.1) is 11.8 Å². The molecule has 1 aromatic carbocycles. The van der Waals surface area contributed by atoms with Crippen LogP contribution in [0, 0.1) is 0 Å². The zero-order valence-electron chi connectivity index (χ0n) is 18.3. The predicted molar refractivity (Wildman–Crippen MR) is 121 cm³/mol. The van der Waals surface area contributed by atoms with Crippen LogP contribution >= 0.6 is 0 Å². The van der Waals surface area contributed by atoms with Gasteiger partial charge in [0.2, 0.25) is 5.78 Å². The summed E-state index contributed by atoms with van der Waals surface area (Å²) in [5.74, 6) is -0.0444. The van der Waals surface area contributed by atoms with E-state index in [2.05, 4.69) is 4.90 Å². The number of hydrogen-bond donors (Lipinski definition) is 1. The highest BCUT2D eigenvalue weighted by Crippen LogP contribution is 2.34. The highest BCUT2D eigenvalue weighted by atomic mass is 32.2. The molecular formula is C23H27N3O6S. The Morgan fingerprint density at radius 1 is 0.939 bits per heavy atom. The minimum atomic E-state index is -3.44. The molecule has 0 bridgehead atoms. The molecule has 0 saturated carbocycles. The molecule has 33 heavy (non-hydrogen) atoms. The average Bonchev–Trinajstić information content (AvgIpc) is 3.56. The minimum Gasteiger partial charge on any atom is -0.508 e. The lowest BCUT2D eigenvalue weighted by Crippen LogP contribution is -2.44. The van der Waals surface area contributed by atoms with Crippen molar-refractivity contribution in [2.24, 2.45) is 0 Å². The van der Waals surface area contributed by atoms with Crippen LogP contribution in [0.25, 0.3) is 11.0 Å². The van der Waals surface area contributed by atoms with Crippen LogP contribution in [-0.4, -0.2) is 72.1 Å². The summed E-state index contributed by atoms with van der Waals surface area (Å²) in [6.45, 7) is 3.62. The number of aromatic hydroxyl groups is 1. The molecule has 5 rings (SSSR count). The molecule has 1 N–H and O–H groups in total. The number of benzene rings is 1. The second-order valence-electron chi connectivity index (χ2n) is 8.53. The van der Waals surface area contributed by atoms with Gasteiger partial charge >= 0.3 is 0 Å². The number of furan rings is 2. The fourth-order valence-electron chi connectivity index (χ4n) is 4.70. The van der Waals surface area contributed by atoms with E-state index in [9.17, 15) is 18.3 Å². The lowest BCUT2D eigenvalue weighted by Gasteiger charge is -2.26. The molecule has 3 aromatic rings. The first-order valence-corrected chi connectivity index (χ1v) is 12.6. The van der Waals surface area contributed by atoms with Gasteiger partial charge in [-0.1, -0.05) is 0 Å². The Kier molecular flexibility index (Phi) is 6.00. The second kappa shape index (κ2) is 8.94. The van der Waals surface area contributed by atoms with Crippen LogP contribution < -0.4 is 0 Å². The van der Waals surface area contributed by atoms with Crippen molar-refractivity contribution < 1.29 is 27.2 Å². The smallest absolute Gasteiger partial charge is 0.282 e. The van der Waals surface area contributed by atoms with Crippen molar-refractivity contribution in [3.63, 3.8) is 0 Å². The monoisotopic (exact) mass is 473 g/mol. The molecule has 2 fully saturated rings. The fraction of sp³-hybridized carbons (Fsp3) is 0.435. The highest BCUT2D eigenvalue weighted by molar-refractivity contribution is 7.86. The molecule has 9 nitrogen and oxygen atoms in total. The first kappa shape index (κ1) is 22.1. The van der Waals surface area contributed by atoms with Crippen molar-refractivity contribution in [3.05, 3.63) is 53.7 Å². The van der Waals surface area contributed by atoms with Crippen LogP contribution in [0.2, 0.25) is 0 Å². The van der Waals surface area contributed by atoms with Crippen LogP contribution in [0.1, 0.15) is 40.9 Å². The molecule has 0 radical (unpaired) electrons. The number of hydrogen-bond acceptors (Lipinski definition) is 7. The van der Waals surface area contributed by atoms with Crippen molar-refractivity contribution in [1.29, 1.82) is 0 Å². The quantitative estimate of drug-likeness (QED) is 0.549. The molecule has 0 amide bonds. The number of ketones is 1. The highest BCUT2D eigenvalue weighted by Gasteiger charge is 2.33. The normalized spacial score (nSPS) is 19.3. The van der Waals surface area contributed by atoms with Gasteiger partial charge in [0.1, 0.15) is 17.6 Å². The summed E-state index contributed by atoms with van der Waals surface area (Å²) >= 11 is 0. The van der Waals surface area contributed by atoms with Gasteiger partial charge in [-0.2, -0.15) is 17.0 Å². The summed E-state index contributed by atoms with van der Waals surface area (Å²) in [7, 11) is -3.44. The Morgan fingerprint density at radius 2 is 1.70 bits per heavy atom. The van der Waals surface area contributed by atoms with E-state index in [4.69, 9.17) is 8.83 Å². The maximum absolute atomic E-state index is 13.0. The zero-order chi connectivity index (χ0) is 23.0. The third-order valence-corrected chi connectivity index (χ3v) is 8.49. The van der Waals surface area contributed by atoms with Crippen molar-refractivity contribution in [2.75, 3.05) is 39.3 Å². The van der Waals surface area contributed by atoms with E-state index in [-0.39, 0.29) is 17.3 Å². The molecule has 0 atom stereocenters. The molecule has 0 aliphatic carbocycles. The van der Waals surface area contributed by atoms with Crippen LogP contribution in [0.5, 0.6) is 5.75 Å².